The average Bonchev–Trinajstić information content (AvgIpc) is 3.14. The van der Waals surface area contributed by atoms with E-state index in [1.807, 2.05) is 6.07 Å². The topological polar surface area (TPSA) is 80.8 Å². The second kappa shape index (κ2) is 10.4. The first-order valence-corrected chi connectivity index (χ1v) is 11.8. The molecular weight excluding hydrogens is 418 g/mol. The Morgan fingerprint density at radius 1 is 1.15 bits per heavy atom. The quantitative estimate of drug-likeness (QED) is 0.360. The van der Waals surface area contributed by atoms with Gasteiger partial charge >= 0.3 is 0 Å². The van der Waals surface area contributed by atoms with Crippen molar-refractivity contribution in [3.63, 3.8) is 0 Å². The van der Waals surface area contributed by atoms with Crippen molar-refractivity contribution in [2.75, 3.05) is 13.1 Å². The van der Waals surface area contributed by atoms with E-state index in [0.29, 0.717) is 12.5 Å². The molecule has 0 spiro atoms. The van der Waals surface area contributed by atoms with Crippen molar-refractivity contribution in [1.82, 2.24) is 9.47 Å². The van der Waals surface area contributed by atoms with Gasteiger partial charge in [0.2, 0.25) is 0 Å². The number of aliphatic hydroxyl groups excluding tert-OH is 1. The molecule has 1 aliphatic rings. The summed E-state index contributed by atoms with van der Waals surface area (Å²) in [6, 6.07) is 12.7. The lowest BCUT2D eigenvalue weighted by Gasteiger charge is -2.29. The van der Waals surface area contributed by atoms with Crippen LogP contribution in [0, 0.1) is 16.0 Å². The third-order valence-corrected chi connectivity index (χ3v) is 6.39. The van der Waals surface area contributed by atoms with Crippen LogP contribution in [0.4, 0.5) is 5.69 Å². The van der Waals surface area contributed by atoms with E-state index in [1.54, 1.807) is 12.1 Å². The van der Waals surface area contributed by atoms with E-state index < -0.39 is 4.92 Å². The number of rotatable bonds is 9. The molecule has 0 unspecified atom stereocenters. The fourth-order valence-corrected chi connectivity index (χ4v) is 4.35. The number of aryl methyl sites for hydroxylation is 1. The first kappa shape index (κ1) is 23.3. The van der Waals surface area contributed by atoms with Crippen LogP contribution in [0.15, 0.2) is 48.7 Å². The van der Waals surface area contributed by atoms with Crippen molar-refractivity contribution >= 4 is 16.6 Å². The largest absolute Gasteiger partial charge is 0.489 e. The lowest BCUT2D eigenvalue weighted by atomic mass is 10.1. The molecule has 1 aliphatic heterocycles. The summed E-state index contributed by atoms with van der Waals surface area (Å²) in [5, 5.41) is 21.9. The molecule has 0 atom stereocenters. The minimum absolute atomic E-state index is 0.0813. The van der Waals surface area contributed by atoms with E-state index in [-0.39, 0.29) is 11.8 Å². The summed E-state index contributed by atoms with van der Waals surface area (Å²) in [7, 11) is 0. The van der Waals surface area contributed by atoms with E-state index in [0.717, 1.165) is 56.8 Å². The number of fused-ring (bicyclic) bond motifs is 1. The Labute approximate surface area is 194 Å². The van der Waals surface area contributed by atoms with Crippen molar-refractivity contribution in [2.45, 2.75) is 58.9 Å². The van der Waals surface area contributed by atoms with Crippen LogP contribution >= 0.6 is 0 Å². The number of nitro benzene ring substituents is 1. The number of aliphatic hydroxyl groups is 1. The lowest BCUT2D eigenvalue weighted by molar-refractivity contribution is -0.384. The molecule has 7 nitrogen and oxygen atoms in total. The molecule has 7 heteroatoms. The summed E-state index contributed by atoms with van der Waals surface area (Å²) in [6.45, 7) is 8.52. The van der Waals surface area contributed by atoms with Crippen LogP contribution in [0.1, 0.15) is 44.2 Å². The monoisotopic (exact) mass is 451 g/mol. The predicted molar refractivity (Wildman–Crippen MR) is 129 cm³/mol. The van der Waals surface area contributed by atoms with E-state index >= 15 is 0 Å². The normalized spacial score (nSPS) is 15.4. The van der Waals surface area contributed by atoms with Crippen molar-refractivity contribution in [3.8, 4) is 5.75 Å². The smallest absolute Gasteiger partial charge is 0.269 e. The first-order valence-electron chi connectivity index (χ1n) is 11.8. The average molecular weight is 452 g/mol. The number of aromatic nitrogens is 1. The molecule has 3 aromatic rings. The van der Waals surface area contributed by atoms with Gasteiger partial charge in [0.25, 0.3) is 5.69 Å². The number of ether oxygens (including phenoxy) is 1. The Bertz CT molecular complexity index is 1080. The number of nitrogens with zero attached hydrogens (tertiary/aromatic N) is 3. The van der Waals surface area contributed by atoms with Crippen molar-refractivity contribution in [3.05, 3.63) is 69.9 Å². The second-order valence-electron chi connectivity index (χ2n) is 9.43. The van der Waals surface area contributed by atoms with E-state index in [2.05, 4.69) is 41.6 Å². The van der Waals surface area contributed by atoms with Crippen LogP contribution in [0.3, 0.4) is 0 Å². The standard InChI is InChI=1S/C26H33N3O4/c1-19(2)9-14-28-17-21(16-27-12-10-23(30)11-13-27)25-15-24(7-8-26(25)28)33-18-20-3-5-22(6-4-20)29(31)32/h3-8,15,17,19,23,30H,9-14,16,18H2,1-2H3. The van der Waals surface area contributed by atoms with E-state index in [1.165, 1.54) is 28.6 Å². The van der Waals surface area contributed by atoms with Gasteiger partial charge in [0.05, 0.1) is 11.0 Å². The number of hydrogen-bond acceptors (Lipinski definition) is 5. The molecule has 0 saturated carbocycles. The Morgan fingerprint density at radius 3 is 2.55 bits per heavy atom. The van der Waals surface area contributed by atoms with E-state index in [9.17, 15) is 15.2 Å². The van der Waals surface area contributed by atoms with Gasteiger partial charge < -0.3 is 14.4 Å². The van der Waals surface area contributed by atoms with Gasteiger partial charge in [-0.15, -0.1) is 0 Å². The molecule has 0 bridgehead atoms. The maximum absolute atomic E-state index is 10.8. The molecule has 2 aromatic carbocycles. The third-order valence-electron chi connectivity index (χ3n) is 6.39. The lowest BCUT2D eigenvalue weighted by Crippen LogP contribution is -2.35. The van der Waals surface area contributed by atoms with Crippen LogP contribution in [0.5, 0.6) is 5.75 Å². The Hall–Kier alpha value is -2.90. The molecule has 0 amide bonds. The molecule has 176 valence electrons. The van der Waals surface area contributed by atoms with Gasteiger partial charge in [0.15, 0.2) is 0 Å². The second-order valence-corrected chi connectivity index (χ2v) is 9.43. The van der Waals surface area contributed by atoms with Crippen LogP contribution < -0.4 is 4.74 Å². The molecule has 2 heterocycles. The molecule has 1 saturated heterocycles. The Balaban J connectivity index is 1.53. The summed E-state index contributed by atoms with van der Waals surface area (Å²) < 4.78 is 8.39. The van der Waals surface area contributed by atoms with Gasteiger partial charge in [-0.05, 0) is 66.6 Å². The zero-order chi connectivity index (χ0) is 23.4. The molecule has 1 fully saturated rings. The molecule has 1 aromatic heterocycles. The highest BCUT2D eigenvalue weighted by atomic mass is 16.6. The summed E-state index contributed by atoms with van der Waals surface area (Å²) in [5.74, 6) is 1.43. The highest BCUT2D eigenvalue weighted by Gasteiger charge is 2.19. The van der Waals surface area contributed by atoms with Gasteiger partial charge in [-0.3, -0.25) is 15.0 Å². The van der Waals surface area contributed by atoms with Crippen molar-refractivity contribution < 1.29 is 14.8 Å². The van der Waals surface area contributed by atoms with Crippen LogP contribution in [0.2, 0.25) is 0 Å². The van der Waals surface area contributed by atoms with Gasteiger partial charge in [-0.2, -0.15) is 0 Å². The Morgan fingerprint density at radius 2 is 1.88 bits per heavy atom. The highest BCUT2D eigenvalue weighted by Crippen LogP contribution is 2.29. The number of nitro groups is 1. The highest BCUT2D eigenvalue weighted by molar-refractivity contribution is 5.85. The number of piperidine rings is 1. The molecule has 0 aliphatic carbocycles. The number of non-ortho nitro benzene ring substituents is 1. The van der Waals surface area contributed by atoms with Crippen LogP contribution in [-0.4, -0.2) is 38.7 Å². The zero-order valence-electron chi connectivity index (χ0n) is 19.4. The van der Waals surface area contributed by atoms with Crippen LogP contribution in [-0.2, 0) is 19.7 Å². The molecule has 4 rings (SSSR count). The summed E-state index contributed by atoms with van der Waals surface area (Å²) >= 11 is 0. The minimum atomic E-state index is -0.396. The molecule has 0 radical (unpaired) electrons. The van der Waals surface area contributed by atoms with Crippen molar-refractivity contribution in [2.24, 2.45) is 5.92 Å². The van der Waals surface area contributed by atoms with Crippen LogP contribution in [0.25, 0.3) is 10.9 Å². The minimum Gasteiger partial charge on any atom is -0.489 e. The summed E-state index contributed by atoms with van der Waals surface area (Å²) in [6.07, 6.45) is 4.88. The molecule has 33 heavy (non-hydrogen) atoms. The van der Waals surface area contributed by atoms with Gasteiger partial charge in [-0.1, -0.05) is 13.8 Å². The van der Waals surface area contributed by atoms with Gasteiger partial charge in [-0.25, -0.2) is 0 Å². The first-order chi connectivity index (χ1) is 15.9. The summed E-state index contributed by atoms with van der Waals surface area (Å²) in [5.41, 5.74) is 3.47. The van der Waals surface area contributed by atoms with Crippen molar-refractivity contribution in [1.29, 1.82) is 0 Å². The maximum Gasteiger partial charge on any atom is 0.269 e. The summed E-state index contributed by atoms with van der Waals surface area (Å²) in [4.78, 5) is 12.9. The number of benzene rings is 2. The molecular formula is C26H33N3O4. The van der Waals surface area contributed by atoms with Gasteiger partial charge in [0, 0.05) is 55.4 Å². The fraction of sp³-hybridized carbons (Fsp3) is 0.462. The number of hydrogen-bond donors (Lipinski definition) is 1. The number of likely N-dealkylation sites (tertiary alicyclic amines) is 1. The zero-order valence-corrected chi connectivity index (χ0v) is 19.4. The third kappa shape index (κ3) is 5.92. The van der Waals surface area contributed by atoms with Gasteiger partial charge in [0.1, 0.15) is 12.4 Å². The maximum atomic E-state index is 10.8. The molecule has 1 N–H and O–H groups in total. The SMILES string of the molecule is CC(C)CCn1cc(CN2CCC(O)CC2)c2cc(OCc3ccc([N+](=O)[O-])cc3)ccc21. The Kier molecular flexibility index (Phi) is 7.30. The predicted octanol–water partition coefficient (Wildman–Crippen LogP) is 5.13. The fourth-order valence-electron chi connectivity index (χ4n) is 4.35. The van der Waals surface area contributed by atoms with E-state index in [4.69, 9.17) is 4.74 Å².